The van der Waals surface area contributed by atoms with Crippen LogP contribution >= 0.6 is 23.4 Å². The summed E-state index contributed by atoms with van der Waals surface area (Å²) in [4.78, 5) is 0. The van der Waals surface area contributed by atoms with Gasteiger partial charge in [-0.2, -0.15) is 0 Å². The van der Waals surface area contributed by atoms with Crippen molar-refractivity contribution in [1.82, 2.24) is 14.8 Å². The van der Waals surface area contributed by atoms with Crippen molar-refractivity contribution < 1.29 is 4.39 Å². The SMILES string of the molecule is C=CCn1c(SCC(=C)Cl)nnc1-c1ccccc1F. The summed E-state index contributed by atoms with van der Waals surface area (Å²) in [5, 5.41) is 9.34. The highest BCUT2D eigenvalue weighted by Crippen LogP contribution is 2.27. The molecule has 0 bridgehead atoms. The van der Waals surface area contributed by atoms with Gasteiger partial charge in [-0.1, -0.05) is 48.2 Å². The number of halogens is 2. The Bertz CT molecular complexity index is 639. The van der Waals surface area contributed by atoms with Crippen molar-refractivity contribution in [3.05, 3.63) is 54.3 Å². The molecular weight excluding hydrogens is 297 g/mol. The minimum Gasteiger partial charge on any atom is -0.298 e. The van der Waals surface area contributed by atoms with Crippen LogP contribution in [-0.4, -0.2) is 20.5 Å². The van der Waals surface area contributed by atoms with Crippen molar-refractivity contribution in [2.45, 2.75) is 11.7 Å². The second kappa shape index (κ2) is 6.72. The highest BCUT2D eigenvalue weighted by molar-refractivity contribution is 7.99. The molecule has 1 aromatic carbocycles. The fourth-order valence-corrected chi connectivity index (χ4v) is 2.54. The first-order chi connectivity index (χ1) is 9.63. The van der Waals surface area contributed by atoms with Gasteiger partial charge in [0.05, 0.1) is 5.56 Å². The summed E-state index contributed by atoms with van der Waals surface area (Å²) < 4.78 is 15.7. The quantitative estimate of drug-likeness (QED) is 0.594. The van der Waals surface area contributed by atoms with Gasteiger partial charge in [0.15, 0.2) is 11.0 Å². The molecule has 0 aliphatic carbocycles. The largest absolute Gasteiger partial charge is 0.298 e. The average molecular weight is 310 g/mol. The molecule has 0 aliphatic heterocycles. The number of rotatable bonds is 6. The molecule has 20 heavy (non-hydrogen) atoms. The molecule has 2 rings (SSSR count). The van der Waals surface area contributed by atoms with Gasteiger partial charge in [0.25, 0.3) is 0 Å². The van der Waals surface area contributed by atoms with E-state index in [9.17, 15) is 4.39 Å². The molecule has 0 saturated carbocycles. The number of allylic oxidation sites excluding steroid dienone is 1. The predicted molar refractivity (Wildman–Crippen MR) is 81.3 cm³/mol. The number of hydrogen-bond acceptors (Lipinski definition) is 3. The molecule has 1 aromatic heterocycles. The lowest BCUT2D eigenvalue weighted by molar-refractivity contribution is 0.626. The summed E-state index contributed by atoms with van der Waals surface area (Å²) >= 11 is 7.16. The Hall–Kier alpha value is -1.59. The molecule has 0 radical (unpaired) electrons. The lowest BCUT2D eigenvalue weighted by Crippen LogP contribution is -2.02. The average Bonchev–Trinajstić information content (AvgIpc) is 2.80. The first-order valence-corrected chi connectivity index (χ1v) is 7.25. The smallest absolute Gasteiger partial charge is 0.192 e. The molecule has 104 valence electrons. The molecule has 6 heteroatoms. The topological polar surface area (TPSA) is 30.7 Å². The van der Waals surface area contributed by atoms with E-state index >= 15 is 0 Å². The highest BCUT2D eigenvalue weighted by atomic mass is 35.5. The Balaban J connectivity index is 2.41. The van der Waals surface area contributed by atoms with Crippen molar-refractivity contribution in [2.75, 3.05) is 5.75 Å². The van der Waals surface area contributed by atoms with Crippen LogP contribution in [-0.2, 0) is 6.54 Å². The van der Waals surface area contributed by atoms with E-state index in [2.05, 4.69) is 23.4 Å². The van der Waals surface area contributed by atoms with E-state index in [-0.39, 0.29) is 5.82 Å². The number of thioether (sulfide) groups is 1. The van der Waals surface area contributed by atoms with Crippen LogP contribution in [0.3, 0.4) is 0 Å². The van der Waals surface area contributed by atoms with Gasteiger partial charge in [0.2, 0.25) is 0 Å². The summed E-state index contributed by atoms with van der Waals surface area (Å²) in [6.07, 6.45) is 1.72. The molecule has 3 nitrogen and oxygen atoms in total. The van der Waals surface area contributed by atoms with E-state index in [0.717, 1.165) is 0 Å². The molecule has 0 amide bonds. The van der Waals surface area contributed by atoms with Gasteiger partial charge in [0.1, 0.15) is 5.82 Å². The Morgan fingerprint density at radius 1 is 1.40 bits per heavy atom. The van der Waals surface area contributed by atoms with Crippen LogP contribution in [0.25, 0.3) is 11.4 Å². The number of aromatic nitrogens is 3. The number of hydrogen-bond donors (Lipinski definition) is 0. The van der Waals surface area contributed by atoms with E-state index in [1.54, 1.807) is 28.8 Å². The molecule has 1 heterocycles. The van der Waals surface area contributed by atoms with Gasteiger partial charge in [-0.05, 0) is 12.1 Å². The minimum absolute atomic E-state index is 0.330. The fourth-order valence-electron chi connectivity index (χ4n) is 1.67. The van der Waals surface area contributed by atoms with Gasteiger partial charge < -0.3 is 0 Å². The van der Waals surface area contributed by atoms with Gasteiger partial charge in [0, 0.05) is 17.3 Å². The molecular formula is C14H13ClFN3S. The fraction of sp³-hybridized carbons (Fsp3) is 0.143. The summed E-state index contributed by atoms with van der Waals surface area (Å²) in [5.74, 6) is 0.669. The number of nitrogens with zero attached hydrogens (tertiary/aromatic N) is 3. The van der Waals surface area contributed by atoms with Crippen LogP contribution in [0.1, 0.15) is 0 Å². The molecule has 0 saturated heterocycles. The van der Waals surface area contributed by atoms with Gasteiger partial charge in [-0.3, -0.25) is 4.57 Å². The lowest BCUT2D eigenvalue weighted by Gasteiger charge is -2.07. The predicted octanol–water partition coefficient (Wildman–Crippen LogP) is 4.11. The van der Waals surface area contributed by atoms with Crippen molar-refractivity contribution in [2.24, 2.45) is 0 Å². The van der Waals surface area contributed by atoms with E-state index in [1.165, 1.54) is 17.8 Å². The van der Waals surface area contributed by atoms with Crippen molar-refractivity contribution >= 4 is 23.4 Å². The third kappa shape index (κ3) is 3.29. The van der Waals surface area contributed by atoms with Gasteiger partial charge in [-0.15, -0.1) is 16.8 Å². The second-order valence-corrected chi connectivity index (χ2v) is 5.47. The normalized spacial score (nSPS) is 10.5. The van der Waals surface area contributed by atoms with Crippen molar-refractivity contribution in [3.63, 3.8) is 0 Å². The second-order valence-electron chi connectivity index (χ2n) is 3.99. The van der Waals surface area contributed by atoms with E-state index in [1.807, 2.05) is 0 Å². The van der Waals surface area contributed by atoms with E-state index in [0.29, 0.717) is 33.9 Å². The Morgan fingerprint density at radius 2 is 2.15 bits per heavy atom. The first kappa shape index (κ1) is 14.8. The highest BCUT2D eigenvalue weighted by Gasteiger charge is 2.16. The van der Waals surface area contributed by atoms with Crippen molar-refractivity contribution in [1.29, 1.82) is 0 Å². The summed E-state index contributed by atoms with van der Waals surface area (Å²) in [6.45, 7) is 7.83. The third-order valence-corrected chi connectivity index (χ3v) is 3.85. The van der Waals surface area contributed by atoms with E-state index < -0.39 is 0 Å². The molecule has 0 N–H and O–H groups in total. The van der Waals surface area contributed by atoms with Crippen LogP contribution in [0.4, 0.5) is 4.39 Å². The maximum Gasteiger partial charge on any atom is 0.192 e. The molecule has 0 aliphatic rings. The minimum atomic E-state index is -0.330. The maximum atomic E-state index is 13.9. The van der Waals surface area contributed by atoms with Crippen LogP contribution in [0.5, 0.6) is 0 Å². The standard InChI is InChI=1S/C14H13ClFN3S/c1-3-8-19-13(11-6-4-5-7-12(11)16)17-18-14(19)20-9-10(2)15/h3-7H,1-2,8-9H2. The van der Waals surface area contributed by atoms with Crippen LogP contribution in [0.2, 0.25) is 0 Å². The third-order valence-electron chi connectivity index (χ3n) is 2.50. The summed E-state index contributed by atoms with van der Waals surface area (Å²) in [5.41, 5.74) is 0.415. The van der Waals surface area contributed by atoms with Crippen LogP contribution in [0.15, 0.2) is 53.7 Å². The van der Waals surface area contributed by atoms with Gasteiger partial charge in [-0.25, -0.2) is 4.39 Å². The zero-order chi connectivity index (χ0) is 14.5. The number of benzene rings is 1. The van der Waals surface area contributed by atoms with E-state index in [4.69, 9.17) is 11.6 Å². The first-order valence-electron chi connectivity index (χ1n) is 5.88. The Labute approximate surface area is 126 Å². The summed E-state index contributed by atoms with van der Waals surface area (Å²) in [6, 6.07) is 6.47. The van der Waals surface area contributed by atoms with Crippen LogP contribution in [0, 0.1) is 5.82 Å². The summed E-state index contributed by atoms with van der Waals surface area (Å²) in [7, 11) is 0. The monoisotopic (exact) mass is 309 g/mol. The zero-order valence-electron chi connectivity index (χ0n) is 10.7. The Morgan fingerprint density at radius 3 is 2.80 bits per heavy atom. The molecule has 0 spiro atoms. The molecule has 0 unspecified atom stereocenters. The lowest BCUT2D eigenvalue weighted by atomic mass is 10.2. The van der Waals surface area contributed by atoms with Crippen molar-refractivity contribution in [3.8, 4) is 11.4 Å². The van der Waals surface area contributed by atoms with Gasteiger partial charge >= 0.3 is 0 Å². The maximum absolute atomic E-state index is 13.9. The van der Waals surface area contributed by atoms with Crippen LogP contribution < -0.4 is 0 Å². The molecule has 2 aromatic rings. The molecule has 0 fully saturated rings. The molecule has 0 atom stereocenters. The zero-order valence-corrected chi connectivity index (χ0v) is 12.3. The Kier molecular flexibility index (Phi) is 4.98.